The molecular weight excluding hydrogens is 439 g/mol. The largest absolute Gasteiger partial charge is 0.381 e. The van der Waals surface area contributed by atoms with E-state index in [1.807, 2.05) is 0 Å². The van der Waals surface area contributed by atoms with Crippen molar-refractivity contribution in [3.8, 4) is 0 Å². The van der Waals surface area contributed by atoms with Gasteiger partial charge in [-0.1, -0.05) is 18.2 Å². The number of carbonyl (C=O) groups is 3. The molecule has 1 atom stereocenters. The molecule has 0 aromatic heterocycles. The molecular formula is C25H27FN4O4. The second-order valence-corrected chi connectivity index (χ2v) is 7.66. The van der Waals surface area contributed by atoms with Crippen molar-refractivity contribution in [2.24, 2.45) is 0 Å². The Morgan fingerprint density at radius 3 is 2.82 bits per heavy atom. The Bertz CT molecular complexity index is 1550. The Morgan fingerprint density at radius 1 is 1.21 bits per heavy atom. The molecule has 2 aromatic carbocycles. The van der Waals surface area contributed by atoms with Crippen LogP contribution in [0.25, 0.3) is 0 Å². The quantitative estimate of drug-likeness (QED) is 0.620. The van der Waals surface area contributed by atoms with Gasteiger partial charge in [-0.25, -0.2) is 4.39 Å². The fraction of sp³-hybridized carbons (Fsp3) is 0.400. The number of benzene rings is 2. The number of ether oxygens (including phenoxy) is 1. The molecule has 0 aliphatic carbocycles. The lowest BCUT2D eigenvalue weighted by atomic mass is 10.0. The molecule has 2 aromatic rings. The Kier molecular flexibility index (Phi) is 3.79. The van der Waals surface area contributed by atoms with Gasteiger partial charge in [0.15, 0.2) is 0 Å². The zero-order valence-electron chi connectivity index (χ0n) is 27.8. The predicted molar refractivity (Wildman–Crippen MR) is 122 cm³/mol. The van der Waals surface area contributed by atoms with Gasteiger partial charge in [0, 0.05) is 69.6 Å². The van der Waals surface area contributed by atoms with Crippen LogP contribution in [0.2, 0.25) is 0 Å². The maximum atomic E-state index is 15.4. The second kappa shape index (κ2) is 9.52. The van der Waals surface area contributed by atoms with Gasteiger partial charge in [0.25, 0.3) is 5.91 Å². The molecule has 0 spiro atoms. The molecule has 1 unspecified atom stereocenters. The Balaban J connectivity index is 1.49. The normalized spacial score (nSPS) is 30.6. The number of anilines is 1. The minimum Gasteiger partial charge on any atom is -0.381 e. The maximum Gasteiger partial charge on any atom is 0.255 e. The first-order chi connectivity index (χ1) is 20.3. The molecule has 2 fully saturated rings. The van der Waals surface area contributed by atoms with Crippen LogP contribution in [0.4, 0.5) is 10.1 Å². The van der Waals surface area contributed by atoms with E-state index in [0.29, 0.717) is 13.2 Å². The number of imide groups is 1. The van der Waals surface area contributed by atoms with Crippen molar-refractivity contribution in [3.63, 3.8) is 0 Å². The van der Waals surface area contributed by atoms with E-state index in [1.165, 1.54) is 23.1 Å². The van der Waals surface area contributed by atoms with E-state index in [4.69, 9.17) is 18.4 Å². The summed E-state index contributed by atoms with van der Waals surface area (Å²) >= 11 is 0. The summed E-state index contributed by atoms with van der Waals surface area (Å²) in [6.07, 6.45) is -6.69. The van der Waals surface area contributed by atoms with Crippen molar-refractivity contribution in [2.75, 3.05) is 31.6 Å². The van der Waals surface area contributed by atoms with Crippen molar-refractivity contribution in [2.45, 2.75) is 38.3 Å². The summed E-state index contributed by atoms with van der Waals surface area (Å²) in [4.78, 5) is 39.9. The summed E-state index contributed by atoms with van der Waals surface area (Å²) in [5.41, 5.74) is -1.89. The average molecular weight is 477 g/mol. The molecule has 2 saturated heterocycles. The molecule has 5 rings (SSSR count). The zero-order valence-corrected chi connectivity index (χ0v) is 17.8. The fourth-order valence-electron chi connectivity index (χ4n) is 3.71. The molecule has 3 heterocycles. The third kappa shape index (κ3) is 4.53. The number of carbonyl (C=O) groups excluding carboxylic acids is 3. The van der Waals surface area contributed by atoms with Crippen molar-refractivity contribution < 1.29 is 37.2 Å². The number of hydrogen-bond acceptors (Lipinski definition) is 6. The van der Waals surface area contributed by atoms with Crippen molar-refractivity contribution in [1.29, 1.82) is 0 Å². The van der Waals surface area contributed by atoms with Gasteiger partial charge in [0.05, 0.1) is 18.7 Å². The molecule has 3 amide bonds. The third-order valence-corrected chi connectivity index (χ3v) is 5.41. The first kappa shape index (κ1) is 13.6. The number of hydrogen-bond donors (Lipinski definition) is 2. The van der Waals surface area contributed by atoms with Crippen molar-refractivity contribution >= 4 is 23.4 Å². The number of nitrogens with one attached hydrogen (secondary N) is 2. The second-order valence-electron chi connectivity index (χ2n) is 7.66. The highest BCUT2D eigenvalue weighted by atomic mass is 19.1. The van der Waals surface area contributed by atoms with Gasteiger partial charge in [0.2, 0.25) is 11.8 Å². The number of fused-ring (bicyclic) bond motifs is 1. The number of piperidine rings is 1. The van der Waals surface area contributed by atoms with Crippen LogP contribution in [0.15, 0.2) is 36.4 Å². The predicted octanol–water partition coefficient (Wildman–Crippen LogP) is 2.03. The molecule has 0 radical (unpaired) electrons. The van der Waals surface area contributed by atoms with E-state index in [-0.39, 0.29) is 29.2 Å². The Morgan fingerprint density at radius 2 is 2.03 bits per heavy atom. The number of amides is 3. The lowest BCUT2D eigenvalue weighted by Gasteiger charge is -2.29. The number of morpholine rings is 1. The van der Waals surface area contributed by atoms with Gasteiger partial charge in [0.1, 0.15) is 11.9 Å². The van der Waals surface area contributed by atoms with Crippen molar-refractivity contribution in [3.05, 3.63) is 64.5 Å². The van der Waals surface area contributed by atoms with E-state index in [2.05, 4.69) is 5.32 Å². The van der Waals surface area contributed by atoms with Gasteiger partial charge < -0.3 is 15.0 Å². The minimum absolute atomic E-state index is 0.0620. The summed E-state index contributed by atoms with van der Waals surface area (Å²) in [5, 5.41) is 4.03. The van der Waals surface area contributed by atoms with E-state index in [9.17, 15) is 14.4 Å². The topological polar surface area (TPSA) is 91.0 Å². The highest BCUT2D eigenvalue weighted by Crippen LogP contribution is 2.32. The Hall–Kier alpha value is -3.30. The summed E-state index contributed by atoms with van der Waals surface area (Å²) in [7, 11) is 0. The molecule has 0 bridgehead atoms. The smallest absolute Gasteiger partial charge is 0.255 e. The van der Waals surface area contributed by atoms with Crippen molar-refractivity contribution in [1.82, 2.24) is 15.1 Å². The van der Waals surface area contributed by atoms with Gasteiger partial charge in [-0.15, -0.1) is 0 Å². The Labute approximate surface area is 211 Å². The van der Waals surface area contributed by atoms with Gasteiger partial charge in [-0.05, 0) is 30.1 Å². The standard InChI is InChI=1S/C25H27FN4O4/c26-20-12-16(14-29-8-10-34-11-9-29)4-5-17(20)13-27-21-3-1-2-18-19(21)15-30(25(18)33)22-6-7-23(31)28-24(22)32/h1-5,12,22,27H,6-11,13-15H2,(H,28,31,32)/i6D2,7D2,13D2,14D2,15D2. The van der Waals surface area contributed by atoms with Crippen LogP contribution >= 0.6 is 0 Å². The van der Waals surface area contributed by atoms with E-state index in [1.54, 1.807) is 5.32 Å². The number of halogens is 1. The molecule has 2 N–H and O–H groups in total. The first-order valence-electron chi connectivity index (χ1n) is 15.5. The minimum atomic E-state index is -3.36. The SMILES string of the molecule is [2H]C([2H])(Nc1cccc2c1C([2H])([2H])N(C1C(=O)NC(=O)C([2H])([2H])C1([2H])[2H])C2=O)c1ccc(C([2H])([2H])N2CCOCC2)cc1F. The van der Waals surface area contributed by atoms with Crippen LogP contribution in [0.1, 0.15) is 53.5 Å². The molecule has 3 aliphatic rings. The summed E-state index contributed by atoms with van der Waals surface area (Å²) in [6.45, 7) is -6.77. The molecule has 34 heavy (non-hydrogen) atoms. The van der Waals surface area contributed by atoms with Crippen LogP contribution in [-0.2, 0) is 33.8 Å². The highest BCUT2D eigenvalue weighted by Gasteiger charge is 2.39. The summed E-state index contributed by atoms with van der Waals surface area (Å²) in [5.74, 6) is -5.35. The van der Waals surface area contributed by atoms with Gasteiger partial charge in [-0.3, -0.25) is 24.6 Å². The lowest BCUT2D eigenvalue weighted by molar-refractivity contribution is -0.136. The zero-order chi connectivity index (χ0) is 32.6. The molecule has 3 aliphatic heterocycles. The van der Waals surface area contributed by atoms with Gasteiger partial charge in [-0.2, -0.15) is 0 Å². The number of rotatable bonds is 6. The van der Waals surface area contributed by atoms with Crippen LogP contribution in [0.3, 0.4) is 0 Å². The van der Waals surface area contributed by atoms with E-state index < -0.39 is 78.5 Å². The lowest BCUT2D eigenvalue weighted by Crippen LogP contribution is -2.52. The molecule has 8 nitrogen and oxygen atoms in total. The molecule has 0 saturated carbocycles. The van der Waals surface area contributed by atoms with E-state index in [0.717, 1.165) is 18.2 Å². The third-order valence-electron chi connectivity index (χ3n) is 5.41. The first-order valence-corrected chi connectivity index (χ1v) is 10.5. The van der Waals surface area contributed by atoms with E-state index >= 15 is 4.39 Å². The average Bonchev–Trinajstić information content (AvgIpc) is 3.13. The van der Waals surface area contributed by atoms with Crippen LogP contribution in [0, 0.1) is 5.82 Å². The van der Waals surface area contributed by atoms with Gasteiger partial charge >= 0.3 is 0 Å². The summed E-state index contributed by atoms with van der Waals surface area (Å²) < 4.78 is 105. The molecule has 9 heteroatoms. The van der Waals surface area contributed by atoms with Crippen LogP contribution < -0.4 is 10.6 Å². The number of nitrogens with zero attached hydrogens (tertiary/aromatic N) is 2. The molecule has 178 valence electrons. The fourth-order valence-corrected chi connectivity index (χ4v) is 3.71. The maximum absolute atomic E-state index is 15.4. The monoisotopic (exact) mass is 476 g/mol. The van der Waals surface area contributed by atoms with Crippen LogP contribution in [-0.4, -0.2) is 59.9 Å². The van der Waals surface area contributed by atoms with Crippen LogP contribution in [0.5, 0.6) is 0 Å². The highest BCUT2D eigenvalue weighted by molar-refractivity contribution is 6.06. The summed E-state index contributed by atoms with van der Waals surface area (Å²) in [6, 6.07) is 4.30.